The Balaban J connectivity index is 1.39. The molecule has 9 heteroatoms. The van der Waals surface area contributed by atoms with Crippen molar-refractivity contribution >= 4 is 28.7 Å². The molecule has 0 atom stereocenters. The van der Waals surface area contributed by atoms with Crippen LogP contribution in [0.3, 0.4) is 0 Å². The number of rotatable bonds is 6. The lowest BCUT2D eigenvalue weighted by molar-refractivity contribution is -0.137. The highest BCUT2D eigenvalue weighted by molar-refractivity contribution is 5.94. The Morgan fingerprint density at radius 3 is 2.28 bits per heavy atom. The minimum atomic E-state index is -4.44. The molecular weight excluding hydrogens is 421 g/mol. The second-order valence-corrected chi connectivity index (χ2v) is 7.97. The average Bonchev–Trinajstić information content (AvgIpc) is 3.33. The molecule has 0 aromatic heterocycles. The molecule has 2 heterocycles. The first-order valence-electron chi connectivity index (χ1n) is 10.8. The summed E-state index contributed by atoms with van der Waals surface area (Å²) in [7, 11) is 0. The quantitative estimate of drug-likeness (QED) is 0.694. The van der Waals surface area contributed by atoms with E-state index in [2.05, 4.69) is 15.5 Å². The van der Waals surface area contributed by atoms with Gasteiger partial charge in [0.25, 0.3) is 0 Å². The number of morpholine rings is 1. The monoisotopic (exact) mass is 448 g/mol. The topological polar surface area (TPSA) is 56.8 Å². The predicted octanol–water partition coefficient (Wildman–Crippen LogP) is 4.19. The molecule has 2 aliphatic heterocycles. The molecule has 0 bridgehead atoms. The van der Waals surface area contributed by atoms with Crippen LogP contribution in [0.1, 0.15) is 18.4 Å². The van der Waals surface area contributed by atoms with E-state index in [1.165, 1.54) is 6.07 Å². The zero-order valence-corrected chi connectivity index (χ0v) is 17.8. The summed E-state index contributed by atoms with van der Waals surface area (Å²) in [4.78, 5) is 16.7. The standard InChI is InChI=1S/C23H27F3N4O2/c24-23(25,26)17-3-8-21(30-9-1-2-10-30)20(15-17)27-16-22(31)28-18-4-6-19(7-5-18)29-11-13-32-14-12-29/h3-8,15,27H,1-2,9-14,16H2,(H,28,31). The third kappa shape index (κ3) is 5.45. The Morgan fingerprint density at radius 1 is 0.938 bits per heavy atom. The summed E-state index contributed by atoms with van der Waals surface area (Å²) in [5, 5.41) is 5.71. The van der Waals surface area contributed by atoms with Crippen molar-refractivity contribution in [1.82, 2.24) is 0 Å². The molecular formula is C23H27F3N4O2. The SMILES string of the molecule is O=C(CNc1cc(C(F)(F)F)ccc1N1CCCC1)Nc1ccc(N2CCOCC2)cc1. The van der Waals surface area contributed by atoms with Crippen LogP contribution in [-0.2, 0) is 15.7 Å². The first-order valence-corrected chi connectivity index (χ1v) is 10.8. The summed E-state index contributed by atoms with van der Waals surface area (Å²) in [5.74, 6) is -0.325. The van der Waals surface area contributed by atoms with Crippen LogP contribution in [0.2, 0.25) is 0 Å². The minimum Gasteiger partial charge on any atom is -0.378 e. The summed E-state index contributed by atoms with van der Waals surface area (Å²) >= 11 is 0. The van der Waals surface area contributed by atoms with E-state index in [0.717, 1.165) is 56.8 Å². The van der Waals surface area contributed by atoms with Crippen molar-refractivity contribution in [2.75, 3.05) is 66.4 Å². The van der Waals surface area contributed by atoms with Gasteiger partial charge in [0.15, 0.2) is 0 Å². The number of hydrogen-bond acceptors (Lipinski definition) is 5. The molecule has 172 valence electrons. The Kier molecular flexibility index (Phi) is 6.74. The van der Waals surface area contributed by atoms with Crippen molar-refractivity contribution in [1.29, 1.82) is 0 Å². The van der Waals surface area contributed by atoms with Crippen molar-refractivity contribution in [3.8, 4) is 0 Å². The Morgan fingerprint density at radius 2 is 1.62 bits per heavy atom. The van der Waals surface area contributed by atoms with Gasteiger partial charge in [0, 0.05) is 37.6 Å². The van der Waals surface area contributed by atoms with Gasteiger partial charge < -0.3 is 25.2 Å². The second kappa shape index (κ2) is 9.68. The van der Waals surface area contributed by atoms with Gasteiger partial charge in [0.2, 0.25) is 5.91 Å². The molecule has 2 saturated heterocycles. The second-order valence-electron chi connectivity index (χ2n) is 7.97. The Bertz CT molecular complexity index is 922. The first-order chi connectivity index (χ1) is 15.4. The molecule has 2 aromatic carbocycles. The molecule has 6 nitrogen and oxygen atoms in total. The van der Waals surface area contributed by atoms with E-state index in [4.69, 9.17) is 4.74 Å². The Labute approximate surface area is 185 Å². The number of anilines is 4. The highest BCUT2D eigenvalue weighted by Crippen LogP contribution is 2.36. The summed E-state index contributed by atoms with van der Waals surface area (Å²) in [6.45, 7) is 4.49. The van der Waals surface area contributed by atoms with Gasteiger partial charge in [-0.1, -0.05) is 0 Å². The first kappa shape index (κ1) is 22.3. The number of carbonyl (C=O) groups is 1. The molecule has 0 radical (unpaired) electrons. The van der Waals surface area contributed by atoms with Gasteiger partial charge in [-0.05, 0) is 55.3 Å². The highest BCUT2D eigenvalue weighted by atomic mass is 19.4. The van der Waals surface area contributed by atoms with Gasteiger partial charge in [-0.15, -0.1) is 0 Å². The van der Waals surface area contributed by atoms with Crippen LogP contribution < -0.4 is 20.4 Å². The third-order valence-electron chi connectivity index (χ3n) is 5.74. The maximum absolute atomic E-state index is 13.2. The minimum absolute atomic E-state index is 0.132. The summed E-state index contributed by atoms with van der Waals surface area (Å²) in [6, 6.07) is 11.2. The van der Waals surface area contributed by atoms with E-state index in [0.29, 0.717) is 30.3 Å². The highest BCUT2D eigenvalue weighted by Gasteiger charge is 2.31. The van der Waals surface area contributed by atoms with Crippen molar-refractivity contribution in [3.63, 3.8) is 0 Å². The van der Waals surface area contributed by atoms with E-state index in [-0.39, 0.29) is 12.5 Å². The van der Waals surface area contributed by atoms with Crippen LogP contribution in [0, 0.1) is 0 Å². The zero-order chi connectivity index (χ0) is 22.6. The van der Waals surface area contributed by atoms with Gasteiger partial charge in [-0.2, -0.15) is 13.2 Å². The van der Waals surface area contributed by atoms with Crippen LogP contribution in [0.5, 0.6) is 0 Å². The Hall–Kier alpha value is -2.94. The number of halogens is 3. The van der Waals surface area contributed by atoms with E-state index in [1.807, 2.05) is 29.2 Å². The van der Waals surface area contributed by atoms with Gasteiger partial charge in [-0.25, -0.2) is 0 Å². The molecule has 2 fully saturated rings. The van der Waals surface area contributed by atoms with E-state index < -0.39 is 11.7 Å². The number of amides is 1. The van der Waals surface area contributed by atoms with Crippen LogP contribution in [0.15, 0.2) is 42.5 Å². The van der Waals surface area contributed by atoms with Crippen molar-refractivity contribution in [2.45, 2.75) is 19.0 Å². The normalized spacial score (nSPS) is 16.8. The number of alkyl halides is 3. The molecule has 1 amide bonds. The van der Waals surface area contributed by atoms with E-state index in [1.54, 1.807) is 0 Å². The van der Waals surface area contributed by atoms with Crippen LogP contribution in [-0.4, -0.2) is 51.8 Å². The van der Waals surface area contributed by atoms with Gasteiger partial charge in [0.1, 0.15) is 0 Å². The predicted molar refractivity (Wildman–Crippen MR) is 119 cm³/mol. The van der Waals surface area contributed by atoms with Crippen molar-refractivity contribution in [2.24, 2.45) is 0 Å². The smallest absolute Gasteiger partial charge is 0.378 e. The van der Waals surface area contributed by atoms with Crippen LogP contribution in [0.4, 0.5) is 35.9 Å². The van der Waals surface area contributed by atoms with Gasteiger partial charge in [-0.3, -0.25) is 4.79 Å². The average molecular weight is 448 g/mol. The fourth-order valence-corrected chi connectivity index (χ4v) is 4.05. The molecule has 4 rings (SSSR count). The summed E-state index contributed by atoms with van der Waals surface area (Å²) < 4.78 is 45.0. The lowest BCUT2D eigenvalue weighted by Crippen LogP contribution is -2.36. The maximum Gasteiger partial charge on any atom is 0.416 e. The lowest BCUT2D eigenvalue weighted by Gasteiger charge is -2.28. The molecule has 2 aliphatic rings. The fraction of sp³-hybridized carbons (Fsp3) is 0.435. The van der Waals surface area contributed by atoms with E-state index in [9.17, 15) is 18.0 Å². The fourth-order valence-electron chi connectivity index (χ4n) is 4.05. The van der Waals surface area contributed by atoms with Gasteiger partial charge >= 0.3 is 6.18 Å². The molecule has 2 N–H and O–H groups in total. The molecule has 2 aromatic rings. The number of ether oxygens (including phenoxy) is 1. The zero-order valence-electron chi connectivity index (χ0n) is 17.8. The molecule has 32 heavy (non-hydrogen) atoms. The van der Waals surface area contributed by atoms with E-state index >= 15 is 0 Å². The van der Waals surface area contributed by atoms with Crippen LogP contribution in [0.25, 0.3) is 0 Å². The van der Waals surface area contributed by atoms with Crippen molar-refractivity contribution in [3.05, 3.63) is 48.0 Å². The summed E-state index contributed by atoms with van der Waals surface area (Å²) in [6.07, 6.45) is -2.44. The van der Waals surface area contributed by atoms with Gasteiger partial charge in [0.05, 0.1) is 36.7 Å². The number of hydrogen-bond donors (Lipinski definition) is 2. The molecule has 0 aliphatic carbocycles. The van der Waals surface area contributed by atoms with Crippen molar-refractivity contribution < 1.29 is 22.7 Å². The largest absolute Gasteiger partial charge is 0.416 e. The third-order valence-corrected chi connectivity index (χ3v) is 5.74. The molecule has 0 spiro atoms. The molecule has 0 saturated carbocycles. The lowest BCUT2D eigenvalue weighted by atomic mass is 10.1. The number of nitrogens with zero attached hydrogens (tertiary/aromatic N) is 2. The van der Waals surface area contributed by atoms with Crippen LogP contribution >= 0.6 is 0 Å². The number of carbonyl (C=O) groups excluding carboxylic acids is 1. The number of nitrogens with one attached hydrogen (secondary N) is 2. The summed E-state index contributed by atoms with van der Waals surface area (Å²) in [5.41, 5.74) is 1.97. The maximum atomic E-state index is 13.2. The molecule has 0 unspecified atom stereocenters. The number of benzene rings is 2.